The van der Waals surface area contributed by atoms with Crippen molar-refractivity contribution in [3.63, 3.8) is 0 Å². The summed E-state index contributed by atoms with van der Waals surface area (Å²) in [7, 11) is 4.69. The predicted molar refractivity (Wildman–Crippen MR) is 88.6 cm³/mol. The Bertz CT molecular complexity index is 180. The zero-order valence-corrected chi connectivity index (χ0v) is 16.3. The first-order valence-electron chi connectivity index (χ1n) is 8.94. The van der Waals surface area contributed by atoms with Crippen LogP contribution in [-0.2, 0) is 0 Å². The van der Waals surface area contributed by atoms with E-state index in [4.69, 9.17) is 0 Å². The number of halogens is 1. The Hall–Kier alpha value is 0.440. The number of quaternary nitrogens is 1. The van der Waals surface area contributed by atoms with Crippen LogP contribution in [0.1, 0.15) is 90.9 Å². The second kappa shape index (κ2) is 15.8. The van der Waals surface area contributed by atoms with E-state index < -0.39 is 0 Å². The number of hydrogen-bond acceptors (Lipinski definition) is 0. The van der Waals surface area contributed by atoms with E-state index in [-0.39, 0.29) is 17.0 Å². The topological polar surface area (TPSA) is 0 Å². The van der Waals surface area contributed by atoms with Crippen LogP contribution in [0.5, 0.6) is 0 Å². The van der Waals surface area contributed by atoms with Crippen molar-refractivity contribution >= 4 is 0 Å². The Kier molecular flexibility index (Phi) is 18.0. The van der Waals surface area contributed by atoms with Gasteiger partial charge in [-0.1, -0.05) is 71.1 Å². The van der Waals surface area contributed by atoms with Crippen molar-refractivity contribution < 1.29 is 21.5 Å². The molecule has 0 aromatic heterocycles. The van der Waals surface area contributed by atoms with Crippen molar-refractivity contribution in [2.75, 3.05) is 27.2 Å². The lowest BCUT2D eigenvalue weighted by Crippen LogP contribution is -3.00. The lowest BCUT2D eigenvalue weighted by atomic mass is 10.1. The van der Waals surface area contributed by atoms with Crippen molar-refractivity contribution in [1.82, 2.24) is 0 Å². The van der Waals surface area contributed by atoms with Crippen molar-refractivity contribution in [3.05, 3.63) is 0 Å². The molecule has 0 heterocycles. The summed E-state index contributed by atoms with van der Waals surface area (Å²) < 4.78 is 1.19. The number of nitrogens with zero attached hydrogens (tertiary/aromatic N) is 1. The lowest BCUT2D eigenvalue weighted by molar-refractivity contribution is -0.888. The van der Waals surface area contributed by atoms with E-state index >= 15 is 0 Å². The van der Waals surface area contributed by atoms with Crippen molar-refractivity contribution in [2.45, 2.75) is 90.9 Å². The fourth-order valence-corrected chi connectivity index (χ4v) is 2.54. The summed E-state index contributed by atoms with van der Waals surface area (Å²) in [5, 5.41) is 0. The maximum absolute atomic E-state index is 2.35. The Morgan fingerprint density at radius 3 is 1.25 bits per heavy atom. The van der Waals surface area contributed by atoms with Crippen LogP contribution in [-0.4, -0.2) is 31.7 Å². The van der Waals surface area contributed by atoms with Gasteiger partial charge in [-0.05, 0) is 19.8 Å². The van der Waals surface area contributed by atoms with Gasteiger partial charge in [0.2, 0.25) is 0 Å². The molecule has 0 saturated carbocycles. The predicted octanol–water partition coefficient (Wildman–Crippen LogP) is 2.79. The van der Waals surface area contributed by atoms with Crippen LogP contribution in [0.15, 0.2) is 0 Å². The molecule has 0 radical (unpaired) electrons. The highest BCUT2D eigenvalue weighted by atomic mass is 79.9. The molecule has 0 aliphatic rings. The summed E-state index contributed by atoms with van der Waals surface area (Å²) in [5.41, 5.74) is 0. The van der Waals surface area contributed by atoms with Crippen LogP contribution in [0.4, 0.5) is 0 Å². The van der Waals surface area contributed by atoms with E-state index in [0.717, 1.165) is 0 Å². The molecule has 0 aliphatic heterocycles. The Morgan fingerprint density at radius 1 is 0.550 bits per heavy atom. The normalized spacial score (nSPS) is 11.4. The maximum Gasteiger partial charge on any atom is 0.0782 e. The number of unbranched alkanes of at least 4 members (excludes halogenated alkanes) is 11. The molecule has 0 unspecified atom stereocenters. The van der Waals surface area contributed by atoms with Crippen LogP contribution in [0.3, 0.4) is 0 Å². The largest absolute Gasteiger partial charge is 1.00 e. The SMILES string of the molecule is CCCCCCCCCCCCCC[N+](C)(C)CC.[Br-]. The Morgan fingerprint density at radius 2 is 0.900 bits per heavy atom. The minimum atomic E-state index is 0. The van der Waals surface area contributed by atoms with Gasteiger partial charge in [-0.15, -0.1) is 0 Å². The quantitative estimate of drug-likeness (QED) is 0.334. The third-order valence-electron chi connectivity index (χ3n) is 4.47. The van der Waals surface area contributed by atoms with Gasteiger partial charge in [0.1, 0.15) is 0 Å². The van der Waals surface area contributed by atoms with E-state index in [1.165, 1.54) is 94.6 Å². The van der Waals surface area contributed by atoms with Crippen LogP contribution in [0, 0.1) is 0 Å². The lowest BCUT2D eigenvalue weighted by Gasteiger charge is -2.28. The summed E-state index contributed by atoms with van der Waals surface area (Å²) in [6.45, 7) is 7.20. The van der Waals surface area contributed by atoms with Crippen LogP contribution in [0.2, 0.25) is 0 Å². The van der Waals surface area contributed by atoms with Crippen LogP contribution >= 0.6 is 0 Å². The molecule has 0 aromatic rings. The monoisotopic (exact) mass is 349 g/mol. The molecule has 0 bridgehead atoms. The molecular formula is C18H40BrN. The van der Waals surface area contributed by atoms with Crippen LogP contribution in [0.25, 0.3) is 0 Å². The van der Waals surface area contributed by atoms with E-state index in [9.17, 15) is 0 Å². The highest BCUT2D eigenvalue weighted by Gasteiger charge is 2.09. The van der Waals surface area contributed by atoms with E-state index in [1.54, 1.807) is 0 Å². The Labute approximate surface area is 139 Å². The Balaban J connectivity index is 0. The third-order valence-corrected chi connectivity index (χ3v) is 4.47. The molecule has 0 spiro atoms. The van der Waals surface area contributed by atoms with Gasteiger partial charge in [0, 0.05) is 0 Å². The second-order valence-corrected chi connectivity index (χ2v) is 6.86. The minimum Gasteiger partial charge on any atom is -1.00 e. The fraction of sp³-hybridized carbons (Fsp3) is 1.00. The third kappa shape index (κ3) is 16.5. The van der Waals surface area contributed by atoms with Crippen molar-refractivity contribution in [2.24, 2.45) is 0 Å². The van der Waals surface area contributed by atoms with Gasteiger partial charge in [0.05, 0.1) is 27.2 Å². The van der Waals surface area contributed by atoms with E-state index in [2.05, 4.69) is 27.9 Å². The summed E-state index contributed by atoms with van der Waals surface area (Å²) in [5.74, 6) is 0. The fourth-order valence-electron chi connectivity index (χ4n) is 2.54. The summed E-state index contributed by atoms with van der Waals surface area (Å²) in [4.78, 5) is 0. The van der Waals surface area contributed by atoms with Gasteiger partial charge in [-0.2, -0.15) is 0 Å². The first kappa shape index (κ1) is 22.7. The van der Waals surface area contributed by atoms with Gasteiger partial charge >= 0.3 is 0 Å². The van der Waals surface area contributed by atoms with E-state index in [1.807, 2.05) is 0 Å². The average Bonchev–Trinajstić information content (AvgIpc) is 2.40. The van der Waals surface area contributed by atoms with Crippen molar-refractivity contribution in [3.8, 4) is 0 Å². The van der Waals surface area contributed by atoms with Gasteiger partial charge < -0.3 is 21.5 Å². The molecule has 0 N–H and O–H groups in total. The summed E-state index contributed by atoms with van der Waals surface area (Å²) >= 11 is 0. The molecule has 0 fully saturated rings. The maximum atomic E-state index is 2.35. The molecule has 124 valence electrons. The van der Waals surface area contributed by atoms with Gasteiger partial charge in [-0.3, -0.25) is 0 Å². The molecule has 0 saturated heterocycles. The molecule has 20 heavy (non-hydrogen) atoms. The average molecular weight is 350 g/mol. The smallest absolute Gasteiger partial charge is 0.0782 e. The zero-order valence-electron chi connectivity index (χ0n) is 14.7. The van der Waals surface area contributed by atoms with Crippen LogP contribution < -0.4 is 17.0 Å². The molecule has 2 heteroatoms. The minimum absolute atomic E-state index is 0. The summed E-state index contributed by atoms with van der Waals surface area (Å²) in [6.07, 6.45) is 17.4. The summed E-state index contributed by atoms with van der Waals surface area (Å²) in [6, 6.07) is 0. The highest BCUT2D eigenvalue weighted by Crippen LogP contribution is 2.12. The molecule has 0 aliphatic carbocycles. The first-order valence-corrected chi connectivity index (χ1v) is 8.94. The first-order chi connectivity index (χ1) is 9.12. The number of hydrogen-bond donors (Lipinski definition) is 0. The molecule has 0 aromatic carbocycles. The number of rotatable bonds is 14. The molecule has 1 nitrogen and oxygen atoms in total. The van der Waals surface area contributed by atoms with Gasteiger partial charge in [-0.25, -0.2) is 0 Å². The molecule has 0 amide bonds. The van der Waals surface area contributed by atoms with E-state index in [0.29, 0.717) is 0 Å². The van der Waals surface area contributed by atoms with Crippen molar-refractivity contribution in [1.29, 1.82) is 0 Å². The zero-order chi connectivity index (χ0) is 14.4. The standard InChI is InChI=1S/C18H40N.BrH/c1-5-7-8-9-10-11-12-13-14-15-16-17-18-19(3,4)6-2;/h5-18H2,1-4H3;1H/q+1;/p-1. The van der Waals surface area contributed by atoms with Gasteiger partial charge in [0.15, 0.2) is 0 Å². The van der Waals surface area contributed by atoms with Gasteiger partial charge in [0.25, 0.3) is 0 Å². The molecule has 0 rings (SSSR count). The molecular weight excluding hydrogens is 310 g/mol. The second-order valence-electron chi connectivity index (χ2n) is 6.86. The highest BCUT2D eigenvalue weighted by molar-refractivity contribution is 4.48. The molecule has 0 atom stereocenters.